The molecule has 4 fully saturated rings. The SMILES string of the molecule is CCCCCCCCOC(CCC(=O)OCCC12CC3CC(CCOC(=O)CCCN(CC)CC)(C1)CC(CCOC(=O)CCC(OCCCCCCCC)OCCCCCCCC)(C3)C2)OCCCCCCCC. The van der Waals surface area contributed by atoms with Gasteiger partial charge in [0, 0.05) is 45.7 Å². The summed E-state index contributed by atoms with van der Waals surface area (Å²) in [6.45, 7) is 20.1. The first-order chi connectivity index (χ1) is 36.6. The summed E-state index contributed by atoms with van der Waals surface area (Å²) in [6, 6.07) is 0. The van der Waals surface area contributed by atoms with Gasteiger partial charge in [0.15, 0.2) is 12.6 Å². The molecule has 0 spiro atoms. The second-order valence-electron chi connectivity index (χ2n) is 24.0. The van der Waals surface area contributed by atoms with Gasteiger partial charge in [-0.3, -0.25) is 14.4 Å². The first-order valence-corrected chi connectivity index (χ1v) is 32.2. The van der Waals surface area contributed by atoms with Crippen molar-refractivity contribution in [1.82, 2.24) is 4.90 Å². The average Bonchev–Trinajstić information content (AvgIpc) is 3.38. The highest BCUT2D eigenvalue weighted by atomic mass is 16.7. The van der Waals surface area contributed by atoms with Crippen LogP contribution in [0.5, 0.6) is 0 Å². The number of nitrogens with zero attached hydrogens (tertiary/aromatic N) is 1. The lowest BCUT2D eigenvalue weighted by atomic mass is 9.38. The van der Waals surface area contributed by atoms with E-state index in [-0.39, 0.29) is 59.6 Å². The third kappa shape index (κ3) is 30.4. The molecule has 2 unspecified atom stereocenters. The highest BCUT2D eigenvalue weighted by Crippen LogP contribution is 2.72. The molecule has 0 aromatic rings. The van der Waals surface area contributed by atoms with E-state index in [4.69, 9.17) is 33.2 Å². The van der Waals surface area contributed by atoms with Crippen LogP contribution in [0.3, 0.4) is 0 Å². The molecule has 4 aliphatic rings. The van der Waals surface area contributed by atoms with Gasteiger partial charge in [-0.2, -0.15) is 0 Å². The summed E-state index contributed by atoms with van der Waals surface area (Å²) in [4.78, 5) is 42.2. The fourth-order valence-corrected chi connectivity index (χ4v) is 13.5. The molecule has 2 atom stereocenters. The first kappa shape index (κ1) is 67.5. The van der Waals surface area contributed by atoms with Crippen LogP contribution in [-0.4, -0.2) is 101 Å². The standard InChI is InChI=1S/C64H119NO10/c1-7-13-17-21-25-29-43-72-60(73-44-30-26-22-18-14-8-2)37-35-58(67)70-48-40-63-51-56-50-62(53-63,39-47-69-57(66)34-33-42-65(11-5)12-6)54-64(52-56,55-63)41-49-71-59(68)36-38-61(74-45-31-27-23-19-15-9-3)75-46-32-28-24-20-16-10-4/h56,60-61H,7-55H2,1-6H3. The van der Waals surface area contributed by atoms with Crippen LogP contribution in [-0.2, 0) is 47.5 Å². The van der Waals surface area contributed by atoms with Crippen LogP contribution in [0.4, 0.5) is 0 Å². The third-order valence-corrected chi connectivity index (χ3v) is 17.2. The van der Waals surface area contributed by atoms with Crippen LogP contribution in [0.15, 0.2) is 0 Å². The molecule has 0 N–H and O–H groups in total. The van der Waals surface area contributed by atoms with Gasteiger partial charge in [-0.05, 0) is 132 Å². The van der Waals surface area contributed by atoms with E-state index in [9.17, 15) is 14.4 Å². The van der Waals surface area contributed by atoms with Crippen LogP contribution in [0, 0.1) is 22.2 Å². The predicted molar refractivity (Wildman–Crippen MR) is 306 cm³/mol. The van der Waals surface area contributed by atoms with Gasteiger partial charge < -0.3 is 38.1 Å². The van der Waals surface area contributed by atoms with E-state index in [1.807, 2.05) is 0 Å². The number of unbranched alkanes of at least 4 members (excludes halogenated alkanes) is 20. The van der Waals surface area contributed by atoms with Gasteiger partial charge in [0.2, 0.25) is 0 Å². The number of esters is 3. The topological polar surface area (TPSA) is 119 Å². The summed E-state index contributed by atoms with van der Waals surface area (Å²) in [5, 5.41) is 0. The van der Waals surface area contributed by atoms with E-state index < -0.39 is 0 Å². The van der Waals surface area contributed by atoms with Crippen molar-refractivity contribution in [2.75, 3.05) is 65.9 Å². The number of rotatable bonds is 53. The van der Waals surface area contributed by atoms with Crippen LogP contribution >= 0.6 is 0 Å². The molecule has 4 saturated carbocycles. The lowest BCUT2D eigenvalue weighted by Gasteiger charge is -2.67. The van der Waals surface area contributed by atoms with E-state index in [0.717, 1.165) is 135 Å². The van der Waals surface area contributed by atoms with E-state index in [1.54, 1.807) is 0 Å². The Balaban J connectivity index is 1.60. The molecule has 0 heterocycles. The molecule has 4 rings (SSSR count). The van der Waals surface area contributed by atoms with E-state index in [0.29, 0.717) is 71.4 Å². The summed E-state index contributed by atoms with van der Waals surface area (Å²) in [5.74, 6) is 0.103. The summed E-state index contributed by atoms with van der Waals surface area (Å²) in [6.07, 6.45) is 40.1. The van der Waals surface area contributed by atoms with Gasteiger partial charge in [-0.1, -0.05) is 170 Å². The van der Waals surface area contributed by atoms with Crippen molar-refractivity contribution < 1.29 is 47.5 Å². The second kappa shape index (κ2) is 42.1. The van der Waals surface area contributed by atoms with Gasteiger partial charge in [-0.15, -0.1) is 0 Å². The summed E-state index contributed by atoms with van der Waals surface area (Å²) in [5.41, 5.74) is 0.125. The fraction of sp³-hybridized carbons (Fsp3) is 0.953. The summed E-state index contributed by atoms with van der Waals surface area (Å²) < 4.78 is 43.1. The minimum Gasteiger partial charge on any atom is -0.466 e. The molecule has 440 valence electrons. The zero-order valence-electron chi connectivity index (χ0n) is 49.9. The highest BCUT2D eigenvalue weighted by Gasteiger charge is 2.62. The maximum atomic E-state index is 13.4. The Morgan fingerprint density at radius 1 is 0.387 bits per heavy atom. The molecule has 11 nitrogen and oxygen atoms in total. The zero-order chi connectivity index (χ0) is 54.1. The Kier molecular flexibility index (Phi) is 37.9. The van der Waals surface area contributed by atoms with Crippen molar-refractivity contribution in [3.05, 3.63) is 0 Å². The number of hydrogen-bond donors (Lipinski definition) is 0. The van der Waals surface area contributed by atoms with Crippen molar-refractivity contribution in [3.8, 4) is 0 Å². The Morgan fingerprint density at radius 2 is 0.680 bits per heavy atom. The highest BCUT2D eigenvalue weighted by molar-refractivity contribution is 5.70. The van der Waals surface area contributed by atoms with Gasteiger partial charge >= 0.3 is 17.9 Å². The smallest absolute Gasteiger partial charge is 0.305 e. The monoisotopic (exact) mass is 1060 g/mol. The Hall–Kier alpha value is -1.79. The molecular weight excluding hydrogens is 943 g/mol. The summed E-state index contributed by atoms with van der Waals surface area (Å²) in [7, 11) is 0. The largest absolute Gasteiger partial charge is 0.466 e. The van der Waals surface area contributed by atoms with Gasteiger partial charge in [0.25, 0.3) is 0 Å². The van der Waals surface area contributed by atoms with Gasteiger partial charge in [0.05, 0.1) is 32.7 Å². The number of carbonyl (C=O) groups is 3. The van der Waals surface area contributed by atoms with E-state index in [1.165, 1.54) is 103 Å². The lowest BCUT2D eigenvalue weighted by Crippen LogP contribution is -2.57. The number of hydrogen-bond acceptors (Lipinski definition) is 11. The average molecular weight is 1060 g/mol. The predicted octanol–water partition coefficient (Wildman–Crippen LogP) is 16.6. The van der Waals surface area contributed by atoms with Crippen LogP contribution in [0.2, 0.25) is 0 Å². The maximum absolute atomic E-state index is 13.4. The molecule has 0 aliphatic heterocycles. The van der Waals surface area contributed by atoms with Crippen molar-refractivity contribution in [1.29, 1.82) is 0 Å². The fourth-order valence-electron chi connectivity index (χ4n) is 13.5. The lowest BCUT2D eigenvalue weighted by molar-refractivity contribution is -0.183. The van der Waals surface area contributed by atoms with Gasteiger partial charge in [0.1, 0.15) is 0 Å². The molecule has 4 aliphatic carbocycles. The molecule has 0 amide bonds. The quantitative estimate of drug-likeness (QED) is 0.0251. The van der Waals surface area contributed by atoms with Gasteiger partial charge in [-0.25, -0.2) is 0 Å². The second-order valence-corrected chi connectivity index (χ2v) is 24.0. The molecule has 0 aromatic carbocycles. The van der Waals surface area contributed by atoms with E-state index >= 15 is 0 Å². The number of ether oxygens (including phenoxy) is 7. The molecule has 75 heavy (non-hydrogen) atoms. The minimum absolute atomic E-state index is 0.0361. The maximum Gasteiger partial charge on any atom is 0.305 e. The van der Waals surface area contributed by atoms with Crippen molar-refractivity contribution in [3.63, 3.8) is 0 Å². The summed E-state index contributed by atoms with van der Waals surface area (Å²) >= 11 is 0. The van der Waals surface area contributed by atoms with Crippen LogP contribution in [0.1, 0.15) is 292 Å². The Bertz CT molecular complexity index is 1310. The molecule has 0 radical (unpaired) electrons. The normalized spacial score (nSPS) is 21.0. The van der Waals surface area contributed by atoms with Crippen molar-refractivity contribution in [2.45, 2.75) is 305 Å². The zero-order valence-corrected chi connectivity index (χ0v) is 49.9. The Labute approximate surface area is 461 Å². The minimum atomic E-state index is -0.384. The van der Waals surface area contributed by atoms with Crippen LogP contribution < -0.4 is 0 Å². The Morgan fingerprint density at radius 3 is 0.987 bits per heavy atom. The molecular formula is C64H119NO10. The molecule has 4 bridgehead atoms. The third-order valence-electron chi connectivity index (χ3n) is 17.2. The van der Waals surface area contributed by atoms with Crippen molar-refractivity contribution >= 4 is 17.9 Å². The molecule has 0 aromatic heterocycles. The van der Waals surface area contributed by atoms with E-state index in [2.05, 4.69) is 46.4 Å². The molecule has 0 saturated heterocycles. The van der Waals surface area contributed by atoms with Crippen LogP contribution in [0.25, 0.3) is 0 Å². The number of carbonyl (C=O) groups excluding carboxylic acids is 3. The van der Waals surface area contributed by atoms with Crippen molar-refractivity contribution in [2.24, 2.45) is 22.2 Å². The first-order valence-electron chi connectivity index (χ1n) is 32.2. The molecule has 11 heteroatoms.